The first-order chi connectivity index (χ1) is 20.8. The maximum atomic E-state index is 13.7. The molecule has 2 aromatic carbocycles. The highest BCUT2D eigenvalue weighted by Crippen LogP contribution is 2.52. The van der Waals surface area contributed by atoms with E-state index in [1.807, 2.05) is 0 Å². The molecule has 0 bridgehead atoms. The van der Waals surface area contributed by atoms with Gasteiger partial charge >= 0.3 is 15.5 Å². The molecule has 45 heavy (non-hydrogen) atoms. The Hall–Kier alpha value is -3.61. The minimum absolute atomic E-state index is 0.00219. The van der Waals surface area contributed by atoms with Gasteiger partial charge in [-0.2, -0.15) is 13.2 Å². The number of aliphatic hydroxyl groups excluding tert-OH is 1. The number of carbonyl (C=O) groups excluding carboxylic acids is 3. The van der Waals surface area contributed by atoms with Crippen molar-refractivity contribution < 1.29 is 70.6 Å². The van der Waals surface area contributed by atoms with Crippen molar-refractivity contribution in [3.05, 3.63) is 51.6 Å². The van der Waals surface area contributed by atoms with Crippen LogP contribution in [0.3, 0.4) is 0 Å². The third kappa shape index (κ3) is 5.26. The predicted octanol–water partition coefficient (Wildman–Crippen LogP) is 1.51. The molecular weight excluding hydrogens is 631 g/mol. The maximum absolute atomic E-state index is 13.7. The molecule has 1 heterocycles. The molecule has 4 unspecified atom stereocenters. The molecule has 1 aliphatic heterocycles. The van der Waals surface area contributed by atoms with Crippen molar-refractivity contribution in [2.75, 3.05) is 7.11 Å². The minimum Gasteiger partial charge on any atom is -0.507 e. The first-order valence-electron chi connectivity index (χ1n) is 13.5. The van der Waals surface area contributed by atoms with E-state index >= 15 is 0 Å². The van der Waals surface area contributed by atoms with Gasteiger partial charge in [0, 0.05) is 36.0 Å². The first kappa shape index (κ1) is 32.8. The van der Waals surface area contributed by atoms with Crippen molar-refractivity contribution in [1.82, 2.24) is 4.72 Å². The molecule has 2 aliphatic carbocycles. The number of halogens is 3. The zero-order valence-corrected chi connectivity index (χ0v) is 24.7. The lowest BCUT2D eigenvalue weighted by atomic mass is 9.72. The summed E-state index contributed by atoms with van der Waals surface area (Å²) in [6.45, 7) is 2.26. The number of Topliss-reactive ketones (excluding diaryl/α,β-unsaturated/α-hetero) is 1. The molecule has 0 spiro atoms. The molecule has 1 fully saturated rings. The molecular formula is C28H28F3NO12S. The number of phenols is 2. The Labute approximate surface area is 253 Å². The van der Waals surface area contributed by atoms with Crippen LogP contribution in [0, 0.1) is 0 Å². The summed E-state index contributed by atoms with van der Waals surface area (Å²) >= 11 is 0. The number of sulfonamides is 1. The van der Waals surface area contributed by atoms with Crippen molar-refractivity contribution in [2.45, 2.75) is 74.9 Å². The smallest absolute Gasteiger partial charge is 0.507 e. The van der Waals surface area contributed by atoms with Crippen LogP contribution in [0.15, 0.2) is 18.2 Å². The SMILES string of the molecule is COc1cccc2c1C(=O)c1c(O)c3c(c(O)c1C2=O)C[C@@](O)(C(C)=O)C[C@@H]3OC1CC(NS(=O)(=O)C(F)(F)F)C(O)C(C)O1. The number of carbonyl (C=O) groups is 3. The average Bonchev–Trinajstić information content (AvgIpc) is 2.94. The summed E-state index contributed by atoms with van der Waals surface area (Å²) in [5.74, 6) is -4.21. The first-order valence-corrected chi connectivity index (χ1v) is 15.0. The molecule has 17 heteroatoms. The number of nitrogens with one attached hydrogen (secondary N) is 1. The Morgan fingerprint density at radius 1 is 1.11 bits per heavy atom. The van der Waals surface area contributed by atoms with Crippen LogP contribution in [-0.2, 0) is 30.7 Å². The van der Waals surface area contributed by atoms with E-state index in [9.17, 15) is 56.4 Å². The van der Waals surface area contributed by atoms with Gasteiger partial charge in [0.15, 0.2) is 17.9 Å². The summed E-state index contributed by atoms with van der Waals surface area (Å²) in [6.07, 6.45) is -8.19. The van der Waals surface area contributed by atoms with E-state index in [2.05, 4.69) is 0 Å². The summed E-state index contributed by atoms with van der Waals surface area (Å²) < 4.78 is 80.8. The number of ether oxygens (including phenoxy) is 3. The number of alkyl halides is 3. The number of rotatable bonds is 6. The highest BCUT2D eigenvalue weighted by atomic mass is 32.2. The van der Waals surface area contributed by atoms with Crippen molar-refractivity contribution in [3.8, 4) is 17.2 Å². The second-order valence-corrected chi connectivity index (χ2v) is 12.8. The zero-order valence-electron chi connectivity index (χ0n) is 23.8. The minimum atomic E-state index is -5.91. The van der Waals surface area contributed by atoms with Crippen LogP contribution in [0.25, 0.3) is 0 Å². The Morgan fingerprint density at radius 3 is 2.36 bits per heavy atom. The van der Waals surface area contributed by atoms with Crippen LogP contribution >= 0.6 is 0 Å². The van der Waals surface area contributed by atoms with E-state index in [4.69, 9.17) is 14.2 Å². The van der Waals surface area contributed by atoms with Crippen molar-refractivity contribution in [2.24, 2.45) is 0 Å². The standard InChI is InChI=1S/C28H28F3NO12S/c1-10-22(34)14(32-45(40,41)28(29,30)31)7-17(43-10)44-16-9-27(39,11(2)33)8-13-19(16)26(38)21-20(24(13)36)23(35)12-5-4-6-15(42-3)18(12)25(21)37/h4-6,10,14,16-17,22,32,34,36,38-39H,7-9H2,1-3H3/t10?,14?,16-,17?,22?,27-/m0/s1. The fourth-order valence-corrected chi connectivity index (χ4v) is 6.77. The molecule has 6 atom stereocenters. The molecule has 5 rings (SSSR count). The molecule has 5 N–H and O–H groups in total. The van der Waals surface area contributed by atoms with E-state index in [0.717, 1.165) is 6.92 Å². The third-order valence-electron chi connectivity index (χ3n) is 8.36. The molecule has 0 amide bonds. The van der Waals surface area contributed by atoms with E-state index < -0.39 is 111 Å². The van der Waals surface area contributed by atoms with Gasteiger partial charge in [-0.15, -0.1) is 0 Å². The number of ketones is 3. The van der Waals surface area contributed by atoms with Crippen LogP contribution in [0.5, 0.6) is 17.2 Å². The fourth-order valence-electron chi connectivity index (χ4n) is 6.01. The Balaban J connectivity index is 1.61. The van der Waals surface area contributed by atoms with Gasteiger partial charge in [-0.05, 0) is 19.9 Å². The van der Waals surface area contributed by atoms with Crippen LogP contribution in [0.4, 0.5) is 13.2 Å². The number of phenolic OH excluding ortho intramolecular Hbond substituents is 2. The van der Waals surface area contributed by atoms with Crippen molar-refractivity contribution >= 4 is 27.4 Å². The number of hydrogen-bond acceptors (Lipinski definition) is 12. The monoisotopic (exact) mass is 659 g/mol. The summed E-state index contributed by atoms with van der Waals surface area (Å²) in [5, 5.41) is 44.5. The van der Waals surface area contributed by atoms with Crippen LogP contribution < -0.4 is 9.46 Å². The Morgan fingerprint density at radius 2 is 1.76 bits per heavy atom. The molecule has 3 aliphatic rings. The van der Waals surface area contributed by atoms with E-state index in [1.54, 1.807) is 0 Å². The highest BCUT2D eigenvalue weighted by Gasteiger charge is 2.52. The number of hydrogen-bond donors (Lipinski definition) is 5. The molecule has 0 saturated carbocycles. The summed E-state index contributed by atoms with van der Waals surface area (Å²) in [7, 11) is -4.66. The highest BCUT2D eigenvalue weighted by molar-refractivity contribution is 7.90. The zero-order chi connectivity index (χ0) is 33.4. The van der Waals surface area contributed by atoms with Gasteiger partial charge < -0.3 is 34.6 Å². The molecule has 244 valence electrons. The Kier molecular flexibility index (Phi) is 8.03. The van der Waals surface area contributed by atoms with Gasteiger partial charge in [0.2, 0.25) is 5.78 Å². The predicted molar refractivity (Wildman–Crippen MR) is 144 cm³/mol. The maximum Gasteiger partial charge on any atom is 0.511 e. The second kappa shape index (κ2) is 11.0. The van der Waals surface area contributed by atoms with Gasteiger partial charge in [0.1, 0.15) is 22.8 Å². The van der Waals surface area contributed by atoms with E-state index in [-0.39, 0.29) is 28.0 Å². The summed E-state index contributed by atoms with van der Waals surface area (Å²) in [5.41, 5.74) is -10.1. The summed E-state index contributed by atoms with van der Waals surface area (Å²) in [4.78, 5) is 39.8. The number of aliphatic hydroxyl groups is 2. The van der Waals surface area contributed by atoms with Gasteiger partial charge in [-0.25, -0.2) is 13.1 Å². The van der Waals surface area contributed by atoms with Crippen LogP contribution in [-0.4, -0.2) is 89.0 Å². The van der Waals surface area contributed by atoms with Crippen molar-refractivity contribution in [3.63, 3.8) is 0 Å². The van der Waals surface area contributed by atoms with Crippen LogP contribution in [0.1, 0.15) is 75.8 Å². The second-order valence-electron chi connectivity index (χ2n) is 11.1. The number of fused-ring (bicyclic) bond motifs is 3. The quantitative estimate of drug-likeness (QED) is 0.239. The fraction of sp³-hybridized carbons (Fsp3) is 0.464. The van der Waals surface area contributed by atoms with Crippen LogP contribution in [0.2, 0.25) is 0 Å². The van der Waals surface area contributed by atoms with Gasteiger partial charge in [-0.1, -0.05) is 12.1 Å². The van der Waals surface area contributed by atoms with Gasteiger partial charge in [0.25, 0.3) is 0 Å². The molecule has 13 nitrogen and oxygen atoms in total. The average molecular weight is 660 g/mol. The number of methoxy groups -OCH3 is 1. The molecule has 0 aromatic heterocycles. The lowest BCUT2D eigenvalue weighted by molar-refractivity contribution is -0.248. The number of aromatic hydroxyl groups is 2. The Bertz CT molecular complexity index is 1730. The van der Waals surface area contributed by atoms with Gasteiger partial charge in [0.05, 0.1) is 48.2 Å². The van der Waals surface area contributed by atoms with E-state index in [0.29, 0.717) is 0 Å². The lowest BCUT2D eigenvalue weighted by Crippen LogP contribution is -2.57. The molecule has 0 radical (unpaired) electrons. The normalized spacial score (nSPS) is 28.2. The van der Waals surface area contributed by atoms with Crippen molar-refractivity contribution in [1.29, 1.82) is 0 Å². The van der Waals surface area contributed by atoms with E-state index in [1.165, 1.54) is 37.0 Å². The van der Waals surface area contributed by atoms with Gasteiger partial charge in [-0.3, -0.25) is 14.4 Å². The number of benzene rings is 2. The topological polar surface area (TPSA) is 206 Å². The lowest BCUT2D eigenvalue weighted by Gasteiger charge is -2.42. The summed E-state index contributed by atoms with van der Waals surface area (Å²) in [6, 6.07) is 2.39. The molecule has 1 saturated heterocycles. The third-order valence-corrected chi connectivity index (χ3v) is 9.59. The largest absolute Gasteiger partial charge is 0.511 e. The molecule has 2 aromatic rings.